The van der Waals surface area contributed by atoms with Crippen LogP contribution in [0.4, 0.5) is 11.5 Å². The van der Waals surface area contributed by atoms with Crippen molar-refractivity contribution in [3.63, 3.8) is 0 Å². The molecule has 3 N–H and O–H groups in total. The highest BCUT2D eigenvalue weighted by atomic mass is 16.1. The fourth-order valence-corrected chi connectivity index (χ4v) is 1.80. The average Bonchev–Trinajstić information content (AvgIpc) is 2.75. The number of nitrogens with two attached hydrogens (primary N) is 1. The molecule has 0 aliphatic heterocycles. The number of rotatable bonds is 3. The molecule has 2 aromatic rings. The highest BCUT2D eigenvalue weighted by Gasteiger charge is 2.15. The first-order valence-electron chi connectivity index (χ1n) is 6.07. The van der Waals surface area contributed by atoms with Crippen molar-refractivity contribution in [2.24, 2.45) is 7.05 Å². The Morgan fingerprint density at radius 1 is 1.53 bits per heavy atom. The predicted molar refractivity (Wildman–Crippen MR) is 73.9 cm³/mol. The first-order valence-corrected chi connectivity index (χ1v) is 6.07. The van der Waals surface area contributed by atoms with E-state index >= 15 is 0 Å². The lowest BCUT2D eigenvalue weighted by molar-refractivity contribution is 0.102. The van der Waals surface area contributed by atoms with Crippen molar-refractivity contribution in [3.8, 4) is 0 Å². The molecule has 0 aliphatic rings. The van der Waals surface area contributed by atoms with Crippen LogP contribution in [0.3, 0.4) is 0 Å². The van der Waals surface area contributed by atoms with Gasteiger partial charge in [0.25, 0.3) is 5.91 Å². The highest BCUT2D eigenvalue weighted by molar-refractivity contribution is 6.04. The number of anilines is 2. The number of pyridine rings is 1. The lowest BCUT2D eigenvalue weighted by Gasteiger charge is -2.06. The lowest BCUT2D eigenvalue weighted by Crippen LogP contribution is -2.14. The van der Waals surface area contributed by atoms with E-state index < -0.39 is 0 Å². The molecule has 2 rings (SSSR count). The minimum absolute atomic E-state index is 0.207. The maximum absolute atomic E-state index is 12.2. The van der Waals surface area contributed by atoms with E-state index in [2.05, 4.69) is 15.4 Å². The third kappa shape index (κ3) is 2.73. The summed E-state index contributed by atoms with van der Waals surface area (Å²) >= 11 is 0. The van der Waals surface area contributed by atoms with Crippen LogP contribution >= 0.6 is 0 Å². The maximum atomic E-state index is 12.2. The molecule has 0 aromatic carbocycles. The molecule has 0 saturated heterocycles. The molecule has 0 bridgehead atoms. The number of nitrogens with zero attached hydrogens (tertiary/aromatic N) is 3. The summed E-state index contributed by atoms with van der Waals surface area (Å²) in [7, 11) is 1.79. The van der Waals surface area contributed by atoms with Crippen LogP contribution in [0.15, 0.2) is 18.5 Å². The van der Waals surface area contributed by atoms with E-state index in [4.69, 9.17) is 5.73 Å². The van der Waals surface area contributed by atoms with E-state index in [1.807, 2.05) is 13.8 Å². The van der Waals surface area contributed by atoms with Gasteiger partial charge in [-0.3, -0.25) is 9.48 Å². The Labute approximate surface area is 111 Å². The summed E-state index contributed by atoms with van der Waals surface area (Å²) in [5, 5.41) is 6.99. The zero-order chi connectivity index (χ0) is 14.0. The van der Waals surface area contributed by atoms with Gasteiger partial charge < -0.3 is 11.1 Å². The van der Waals surface area contributed by atoms with E-state index in [0.717, 1.165) is 11.3 Å². The van der Waals surface area contributed by atoms with Crippen molar-refractivity contribution < 1.29 is 4.79 Å². The predicted octanol–water partition coefficient (Wildman–Crippen LogP) is 1.52. The quantitative estimate of drug-likeness (QED) is 0.875. The van der Waals surface area contributed by atoms with E-state index in [1.165, 1.54) is 6.20 Å². The third-order valence-electron chi connectivity index (χ3n) is 2.88. The smallest absolute Gasteiger partial charge is 0.260 e. The van der Waals surface area contributed by atoms with Gasteiger partial charge in [0, 0.05) is 13.2 Å². The fraction of sp³-hybridized carbons (Fsp3) is 0.308. The minimum atomic E-state index is -0.207. The molecule has 1 amide bonds. The van der Waals surface area contributed by atoms with Gasteiger partial charge in [-0.1, -0.05) is 6.92 Å². The van der Waals surface area contributed by atoms with Crippen molar-refractivity contribution in [3.05, 3.63) is 35.3 Å². The molecule has 2 aromatic heterocycles. The summed E-state index contributed by atoms with van der Waals surface area (Å²) in [5.41, 5.74) is 8.52. The van der Waals surface area contributed by atoms with Gasteiger partial charge in [-0.15, -0.1) is 0 Å². The molecule has 100 valence electrons. The van der Waals surface area contributed by atoms with E-state index in [9.17, 15) is 4.79 Å². The summed E-state index contributed by atoms with van der Waals surface area (Å²) in [6.45, 7) is 3.83. The van der Waals surface area contributed by atoms with Gasteiger partial charge in [0.1, 0.15) is 5.82 Å². The molecule has 19 heavy (non-hydrogen) atoms. The zero-order valence-corrected chi connectivity index (χ0v) is 11.3. The number of carbonyl (C=O) groups is 1. The third-order valence-corrected chi connectivity index (χ3v) is 2.88. The number of aromatic nitrogens is 3. The summed E-state index contributed by atoms with van der Waals surface area (Å²) < 4.78 is 1.63. The molecule has 6 nitrogen and oxygen atoms in total. The summed E-state index contributed by atoms with van der Waals surface area (Å²) in [6, 6.07) is 1.75. The normalized spacial score (nSPS) is 10.5. The van der Waals surface area contributed by atoms with Gasteiger partial charge in [0.2, 0.25) is 0 Å². The Morgan fingerprint density at radius 2 is 2.26 bits per heavy atom. The molecule has 0 aliphatic carbocycles. The standard InChI is InChI=1S/C13H17N5O/c1-4-11-9(7-18(3)17-11)13(19)16-12-5-8(2)10(14)6-15-12/h5-7H,4,14H2,1-3H3,(H,15,16,19). The second-order valence-corrected chi connectivity index (χ2v) is 4.40. The number of aryl methyl sites for hydroxylation is 3. The summed E-state index contributed by atoms with van der Waals surface area (Å²) in [5.74, 6) is 0.282. The Balaban J connectivity index is 2.22. The van der Waals surface area contributed by atoms with Crippen LogP contribution < -0.4 is 11.1 Å². The number of amides is 1. The van der Waals surface area contributed by atoms with Crippen molar-refractivity contribution >= 4 is 17.4 Å². The van der Waals surface area contributed by atoms with Crippen LogP contribution in [-0.4, -0.2) is 20.7 Å². The van der Waals surface area contributed by atoms with E-state index in [-0.39, 0.29) is 5.91 Å². The molecular formula is C13H17N5O. The average molecular weight is 259 g/mol. The fourth-order valence-electron chi connectivity index (χ4n) is 1.80. The monoisotopic (exact) mass is 259 g/mol. The number of nitrogen functional groups attached to an aromatic ring is 1. The van der Waals surface area contributed by atoms with Gasteiger partial charge in [-0.05, 0) is 25.0 Å². The Morgan fingerprint density at radius 3 is 2.89 bits per heavy atom. The first-order chi connectivity index (χ1) is 9.01. The molecular weight excluding hydrogens is 242 g/mol. The molecule has 0 atom stereocenters. The van der Waals surface area contributed by atoms with Crippen molar-refractivity contribution in [2.75, 3.05) is 11.1 Å². The summed E-state index contributed by atoms with van der Waals surface area (Å²) in [4.78, 5) is 16.3. The van der Waals surface area contributed by atoms with Crippen LogP contribution in [0.1, 0.15) is 28.5 Å². The van der Waals surface area contributed by atoms with Gasteiger partial charge in [-0.2, -0.15) is 5.10 Å². The Hall–Kier alpha value is -2.37. The Kier molecular flexibility index (Phi) is 3.50. The SMILES string of the molecule is CCc1nn(C)cc1C(=O)Nc1cc(C)c(N)cn1. The minimum Gasteiger partial charge on any atom is -0.397 e. The van der Waals surface area contributed by atoms with Gasteiger partial charge in [0.15, 0.2) is 0 Å². The Bertz CT molecular complexity index is 617. The molecule has 2 heterocycles. The molecule has 0 fully saturated rings. The van der Waals surface area contributed by atoms with Crippen molar-refractivity contribution in [2.45, 2.75) is 20.3 Å². The second-order valence-electron chi connectivity index (χ2n) is 4.40. The van der Waals surface area contributed by atoms with E-state index in [0.29, 0.717) is 23.5 Å². The molecule has 6 heteroatoms. The number of carbonyl (C=O) groups excluding carboxylic acids is 1. The van der Waals surface area contributed by atoms with Crippen LogP contribution in [0.2, 0.25) is 0 Å². The maximum Gasteiger partial charge on any atom is 0.260 e. The molecule has 0 radical (unpaired) electrons. The van der Waals surface area contributed by atoms with Gasteiger partial charge >= 0.3 is 0 Å². The molecule has 0 saturated carbocycles. The van der Waals surface area contributed by atoms with E-state index in [1.54, 1.807) is 24.0 Å². The largest absolute Gasteiger partial charge is 0.397 e. The lowest BCUT2D eigenvalue weighted by atomic mass is 10.2. The molecule has 0 spiro atoms. The van der Waals surface area contributed by atoms with Crippen LogP contribution in [0.25, 0.3) is 0 Å². The number of hydrogen-bond acceptors (Lipinski definition) is 4. The zero-order valence-electron chi connectivity index (χ0n) is 11.3. The van der Waals surface area contributed by atoms with Crippen LogP contribution in [-0.2, 0) is 13.5 Å². The number of nitrogens with one attached hydrogen (secondary N) is 1. The molecule has 0 unspecified atom stereocenters. The van der Waals surface area contributed by atoms with Crippen LogP contribution in [0, 0.1) is 6.92 Å². The van der Waals surface area contributed by atoms with Gasteiger partial charge in [-0.25, -0.2) is 4.98 Å². The second kappa shape index (κ2) is 5.09. The highest BCUT2D eigenvalue weighted by Crippen LogP contribution is 2.15. The van der Waals surface area contributed by atoms with Crippen molar-refractivity contribution in [1.82, 2.24) is 14.8 Å². The van der Waals surface area contributed by atoms with Crippen molar-refractivity contribution in [1.29, 1.82) is 0 Å². The first kappa shape index (κ1) is 13.1. The van der Waals surface area contributed by atoms with Crippen LogP contribution in [0.5, 0.6) is 0 Å². The van der Waals surface area contributed by atoms with Gasteiger partial charge in [0.05, 0.1) is 23.1 Å². The summed E-state index contributed by atoms with van der Waals surface area (Å²) in [6.07, 6.45) is 3.95. The number of hydrogen-bond donors (Lipinski definition) is 2. The topological polar surface area (TPSA) is 85.8 Å².